The molecule has 0 aliphatic rings. The zero-order chi connectivity index (χ0) is 13.0. The summed E-state index contributed by atoms with van der Waals surface area (Å²) in [7, 11) is 4.04. The van der Waals surface area contributed by atoms with Crippen LogP contribution in [0.4, 0.5) is 11.4 Å². The molecule has 96 valence electrons. The van der Waals surface area contributed by atoms with Gasteiger partial charge in [0.25, 0.3) is 0 Å². The Balaban J connectivity index is 2.11. The fourth-order valence-corrected chi connectivity index (χ4v) is 1.88. The summed E-state index contributed by atoms with van der Waals surface area (Å²) in [5.41, 5.74) is 2.15. The van der Waals surface area contributed by atoms with Crippen LogP contribution in [0.3, 0.4) is 0 Å². The zero-order valence-corrected chi connectivity index (χ0v) is 11.1. The van der Waals surface area contributed by atoms with E-state index in [1.165, 1.54) is 0 Å². The molecule has 5 nitrogen and oxygen atoms in total. The topological polar surface area (TPSA) is 46.0 Å². The van der Waals surface area contributed by atoms with Crippen LogP contribution in [-0.4, -0.2) is 28.6 Å². The Morgan fingerprint density at radius 3 is 2.89 bits per heavy atom. The van der Waals surface area contributed by atoms with Crippen molar-refractivity contribution in [2.24, 2.45) is 0 Å². The van der Waals surface area contributed by atoms with E-state index in [1.807, 2.05) is 38.8 Å². The SMILES string of the molecule is CCn1ccnc1CNc1cnccc1N(C)C. The predicted octanol–water partition coefficient (Wildman–Crippen LogP) is 1.98. The lowest BCUT2D eigenvalue weighted by molar-refractivity contribution is 0.708. The molecule has 0 spiro atoms. The highest BCUT2D eigenvalue weighted by atomic mass is 15.1. The molecule has 0 radical (unpaired) electrons. The molecule has 0 amide bonds. The minimum atomic E-state index is 0.702. The van der Waals surface area contributed by atoms with E-state index in [2.05, 4.69) is 31.7 Å². The highest BCUT2D eigenvalue weighted by molar-refractivity contribution is 5.67. The zero-order valence-electron chi connectivity index (χ0n) is 11.1. The second-order valence-corrected chi connectivity index (χ2v) is 4.27. The Bertz CT molecular complexity index is 504. The summed E-state index contributed by atoms with van der Waals surface area (Å²) in [6.07, 6.45) is 7.46. The molecule has 0 saturated heterocycles. The first-order valence-electron chi connectivity index (χ1n) is 6.07. The lowest BCUT2D eigenvalue weighted by Gasteiger charge is -2.17. The Hall–Kier alpha value is -2.04. The molecule has 5 heteroatoms. The van der Waals surface area contributed by atoms with E-state index in [1.54, 1.807) is 6.20 Å². The quantitative estimate of drug-likeness (QED) is 0.875. The number of hydrogen-bond donors (Lipinski definition) is 1. The van der Waals surface area contributed by atoms with Crippen LogP contribution in [0.2, 0.25) is 0 Å². The molecule has 18 heavy (non-hydrogen) atoms. The normalized spacial score (nSPS) is 10.4. The van der Waals surface area contributed by atoms with Crippen molar-refractivity contribution in [2.45, 2.75) is 20.0 Å². The predicted molar refractivity (Wildman–Crippen MR) is 73.8 cm³/mol. The number of nitrogens with one attached hydrogen (secondary N) is 1. The molecular weight excluding hydrogens is 226 g/mol. The second kappa shape index (κ2) is 5.53. The number of aryl methyl sites for hydroxylation is 1. The van der Waals surface area contributed by atoms with Gasteiger partial charge in [-0.3, -0.25) is 4.98 Å². The largest absolute Gasteiger partial charge is 0.376 e. The molecule has 0 bridgehead atoms. The molecule has 0 aliphatic heterocycles. The van der Waals surface area contributed by atoms with Gasteiger partial charge in [-0.15, -0.1) is 0 Å². The van der Waals surface area contributed by atoms with Crippen molar-refractivity contribution >= 4 is 11.4 Å². The summed E-state index contributed by atoms with van der Waals surface area (Å²) >= 11 is 0. The van der Waals surface area contributed by atoms with Gasteiger partial charge in [-0.05, 0) is 13.0 Å². The van der Waals surface area contributed by atoms with Crippen molar-refractivity contribution in [3.8, 4) is 0 Å². The summed E-state index contributed by atoms with van der Waals surface area (Å²) < 4.78 is 2.12. The third kappa shape index (κ3) is 2.61. The van der Waals surface area contributed by atoms with Gasteiger partial charge >= 0.3 is 0 Å². The fraction of sp³-hybridized carbons (Fsp3) is 0.385. The van der Waals surface area contributed by atoms with E-state index in [4.69, 9.17) is 0 Å². The van der Waals surface area contributed by atoms with Gasteiger partial charge in [-0.25, -0.2) is 4.98 Å². The van der Waals surface area contributed by atoms with Crippen molar-refractivity contribution in [1.82, 2.24) is 14.5 Å². The number of rotatable bonds is 5. The minimum absolute atomic E-state index is 0.702. The van der Waals surface area contributed by atoms with Gasteiger partial charge in [-0.1, -0.05) is 0 Å². The maximum absolute atomic E-state index is 4.34. The van der Waals surface area contributed by atoms with Crippen LogP contribution in [0.25, 0.3) is 0 Å². The lowest BCUT2D eigenvalue weighted by atomic mass is 10.3. The summed E-state index contributed by atoms with van der Waals surface area (Å²) in [6.45, 7) is 3.75. The minimum Gasteiger partial charge on any atom is -0.376 e. The van der Waals surface area contributed by atoms with E-state index in [0.717, 1.165) is 23.7 Å². The van der Waals surface area contributed by atoms with Gasteiger partial charge in [0, 0.05) is 39.2 Å². The van der Waals surface area contributed by atoms with Crippen LogP contribution in [0.1, 0.15) is 12.7 Å². The highest BCUT2D eigenvalue weighted by Gasteiger charge is 2.05. The Kier molecular flexibility index (Phi) is 3.82. The van der Waals surface area contributed by atoms with Crippen LogP contribution in [0, 0.1) is 0 Å². The maximum Gasteiger partial charge on any atom is 0.128 e. The molecule has 2 aromatic rings. The van der Waals surface area contributed by atoms with Crippen molar-refractivity contribution in [2.75, 3.05) is 24.3 Å². The van der Waals surface area contributed by atoms with Crippen molar-refractivity contribution in [3.05, 3.63) is 36.7 Å². The number of pyridine rings is 1. The average Bonchev–Trinajstić information content (AvgIpc) is 2.84. The first kappa shape index (κ1) is 12.4. The smallest absolute Gasteiger partial charge is 0.128 e. The molecule has 0 saturated carbocycles. The van der Waals surface area contributed by atoms with Crippen molar-refractivity contribution in [3.63, 3.8) is 0 Å². The van der Waals surface area contributed by atoms with E-state index in [0.29, 0.717) is 6.54 Å². The standard InChI is InChI=1S/C13H19N5/c1-4-18-8-7-15-13(18)10-16-11-9-14-6-5-12(11)17(2)3/h5-9,16H,4,10H2,1-3H3. The van der Waals surface area contributed by atoms with Gasteiger partial charge in [0.2, 0.25) is 0 Å². The summed E-state index contributed by atoms with van der Waals surface area (Å²) in [5.74, 6) is 1.03. The van der Waals surface area contributed by atoms with E-state index >= 15 is 0 Å². The molecule has 0 unspecified atom stereocenters. The van der Waals surface area contributed by atoms with Gasteiger partial charge in [0.15, 0.2) is 0 Å². The number of imidazole rings is 1. The monoisotopic (exact) mass is 245 g/mol. The van der Waals surface area contributed by atoms with Crippen LogP contribution in [0.15, 0.2) is 30.9 Å². The van der Waals surface area contributed by atoms with E-state index < -0.39 is 0 Å². The van der Waals surface area contributed by atoms with E-state index in [9.17, 15) is 0 Å². The molecule has 0 aromatic carbocycles. The molecule has 1 N–H and O–H groups in total. The molecule has 0 atom stereocenters. The van der Waals surface area contributed by atoms with Gasteiger partial charge in [0.05, 0.1) is 24.1 Å². The Morgan fingerprint density at radius 2 is 2.17 bits per heavy atom. The lowest BCUT2D eigenvalue weighted by Crippen LogP contribution is -2.13. The summed E-state index contributed by atoms with van der Waals surface area (Å²) in [6, 6.07) is 1.99. The van der Waals surface area contributed by atoms with Gasteiger partial charge in [-0.2, -0.15) is 0 Å². The summed E-state index contributed by atoms with van der Waals surface area (Å²) in [5, 5.41) is 3.38. The average molecular weight is 245 g/mol. The maximum atomic E-state index is 4.34. The van der Waals surface area contributed by atoms with Gasteiger partial charge in [0.1, 0.15) is 5.82 Å². The summed E-state index contributed by atoms with van der Waals surface area (Å²) in [4.78, 5) is 10.6. The van der Waals surface area contributed by atoms with Crippen LogP contribution in [-0.2, 0) is 13.1 Å². The van der Waals surface area contributed by atoms with E-state index in [-0.39, 0.29) is 0 Å². The second-order valence-electron chi connectivity index (χ2n) is 4.27. The molecule has 0 aliphatic carbocycles. The van der Waals surface area contributed by atoms with Crippen molar-refractivity contribution < 1.29 is 0 Å². The molecule has 2 heterocycles. The Morgan fingerprint density at radius 1 is 1.33 bits per heavy atom. The third-order valence-corrected chi connectivity index (χ3v) is 2.86. The van der Waals surface area contributed by atoms with Gasteiger partial charge < -0.3 is 14.8 Å². The van der Waals surface area contributed by atoms with Crippen LogP contribution >= 0.6 is 0 Å². The molecule has 2 rings (SSSR count). The third-order valence-electron chi connectivity index (χ3n) is 2.86. The van der Waals surface area contributed by atoms with Crippen molar-refractivity contribution in [1.29, 1.82) is 0 Å². The van der Waals surface area contributed by atoms with Crippen LogP contribution < -0.4 is 10.2 Å². The van der Waals surface area contributed by atoms with Crippen LogP contribution in [0.5, 0.6) is 0 Å². The number of nitrogens with zero attached hydrogens (tertiary/aromatic N) is 4. The highest BCUT2D eigenvalue weighted by Crippen LogP contribution is 2.22. The molecule has 2 aromatic heterocycles. The fourth-order valence-electron chi connectivity index (χ4n) is 1.88. The molecule has 0 fully saturated rings. The number of hydrogen-bond acceptors (Lipinski definition) is 4. The first-order valence-corrected chi connectivity index (χ1v) is 6.07. The number of anilines is 2. The number of aromatic nitrogens is 3. The first-order chi connectivity index (χ1) is 8.72. The Labute approximate surface area is 107 Å². The molecular formula is C13H19N5.